The third-order valence-electron chi connectivity index (χ3n) is 6.78. The molecular weight excluding hydrogens is 388 g/mol. The van der Waals surface area contributed by atoms with Crippen molar-refractivity contribution in [1.82, 2.24) is 4.90 Å². The molecule has 0 saturated heterocycles. The van der Waals surface area contributed by atoms with Crippen LogP contribution in [0.25, 0.3) is 0 Å². The number of rotatable bonds is 4. The average Bonchev–Trinajstić information content (AvgIpc) is 2.78. The average molecular weight is 417 g/mol. The molecule has 3 amide bonds. The van der Waals surface area contributed by atoms with Crippen LogP contribution < -0.4 is 10.6 Å². The van der Waals surface area contributed by atoms with Gasteiger partial charge in [0.05, 0.1) is 29.6 Å². The maximum atomic E-state index is 13.7. The Kier molecular flexibility index (Phi) is 5.69. The fourth-order valence-electron chi connectivity index (χ4n) is 4.89. The molecule has 0 unspecified atom stereocenters. The van der Waals surface area contributed by atoms with Gasteiger partial charge in [0.25, 0.3) is 0 Å². The SMILES string of the molecule is CCc1ccc(N2C(=O)N(C3CCC(C(N)=O)CC3)Cc3c(C)cccc32)cc1C#N. The number of hydrogen-bond donors (Lipinski definition) is 1. The molecule has 1 aliphatic carbocycles. The first-order chi connectivity index (χ1) is 14.9. The summed E-state index contributed by atoms with van der Waals surface area (Å²) in [6, 6.07) is 14.0. The summed E-state index contributed by atoms with van der Waals surface area (Å²) in [6.07, 6.45) is 3.74. The van der Waals surface area contributed by atoms with E-state index >= 15 is 0 Å². The molecule has 6 nitrogen and oxygen atoms in total. The van der Waals surface area contributed by atoms with Crippen molar-refractivity contribution in [1.29, 1.82) is 5.26 Å². The number of aryl methyl sites for hydroxylation is 2. The van der Waals surface area contributed by atoms with Crippen LogP contribution in [0.2, 0.25) is 0 Å². The highest BCUT2D eigenvalue weighted by Crippen LogP contribution is 2.40. The molecule has 0 atom stereocenters. The molecule has 0 aromatic heterocycles. The molecule has 0 bridgehead atoms. The second kappa shape index (κ2) is 8.43. The molecule has 160 valence electrons. The minimum Gasteiger partial charge on any atom is -0.369 e. The van der Waals surface area contributed by atoms with Gasteiger partial charge in [0.15, 0.2) is 0 Å². The second-order valence-electron chi connectivity index (χ2n) is 8.53. The molecule has 2 N–H and O–H groups in total. The van der Waals surface area contributed by atoms with Crippen molar-refractivity contribution < 1.29 is 9.59 Å². The van der Waals surface area contributed by atoms with Crippen LogP contribution in [0.4, 0.5) is 16.2 Å². The topological polar surface area (TPSA) is 90.4 Å². The number of primary amides is 1. The lowest BCUT2D eigenvalue weighted by Gasteiger charge is -2.43. The number of urea groups is 1. The molecule has 6 heteroatoms. The van der Waals surface area contributed by atoms with E-state index in [0.717, 1.165) is 41.6 Å². The fourth-order valence-corrected chi connectivity index (χ4v) is 4.89. The maximum Gasteiger partial charge on any atom is 0.329 e. The van der Waals surface area contributed by atoms with E-state index in [4.69, 9.17) is 5.73 Å². The van der Waals surface area contributed by atoms with Gasteiger partial charge in [-0.1, -0.05) is 25.1 Å². The van der Waals surface area contributed by atoms with Crippen molar-refractivity contribution in [2.45, 2.75) is 58.5 Å². The quantitative estimate of drug-likeness (QED) is 0.793. The monoisotopic (exact) mass is 416 g/mol. The number of amides is 3. The summed E-state index contributed by atoms with van der Waals surface area (Å²) in [5.41, 5.74) is 10.9. The summed E-state index contributed by atoms with van der Waals surface area (Å²) in [7, 11) is 0. The first-order valence-corrected chi connectivity index (χ1v) is 11.0. The first kappa shape index (κ1) is 20.9. The van der Waals surface area contributed by atoms with E-state index in [0.29, 0.717) is 30.6 Å². The number of nitrogens with two attached hydrogens (primary N) is 1. The Bertz CT molecular complexity index is 1060. The highest BCUT2D eigenvalue weighted by molar-refractivity contribution is 6.02. The molecule has 31 heavy (non-hydrogen) atoms. The van der Waals surface area contributed by atoms with Crippen LogP contribution in [0.15, 0.2) is 36.4 Å². The largest absolute Gasteiger partial charge is 0.369 e. The summed E-state index contributed by atoms with van der Waals surface area (Å²) >= 11 is 0. The first-order valence-electron chi connectivity index (χ1n) is 11.0. The molecule has 2 aliphatic rings. The molecule has 4 rings (SSSR count). The van der Waals surface area contributed by atoms with Crippen LogP contribution >= 0.6 is 0 Å². The lowest BCUT2D eigenvalue weighted by molar-refractivity contribution is -0.123. The van der Waals surface area contributed by atoms with Crippen molar-refractivity contribution in [3.05, 3.63) is 58.7 Å². The van der Waals surface area contributed by atoms with Crippen LogP contribution in [0.1, 0.15) is 54.9 Å². The zero-order valence-corrected chi connectivity index (χ0v) is 18.1. The van der Waals surface area contributed by atoms with Crippen LogP contribution in [-0.2, 0) is 17.8 Å². The van der Waals surface area contributed by atoms with E-state index in [1.54, 1.807) is 4.90 Å². The number of nitrogens with zero attached hydrogens (tertiary/aromatic N) is 3. The summed E-state index contributed by atoms with van der Waals surface area (Å²) in [6.45, 7) is 4.64. The van der Waals surface area contributed by atoms with Crippen LogP contribution in [0, 0.1) is 24.2 Å². The minimum atomic E-state index is -0.244. The van der Waals surface area contributed by atoms with Crippen molar-refractivity contribution in [2.24, 2.45) is 11.7 Å². The molecule has 1 saturated carbocycles. The lowest BCUT2D eigenvalue weighted by Crippen LogP contribution is -2.51. The Morgan fingerprint density at radius 1 is 1.19 bits per heavy atom. The Morgan fingerprint density at radius 2 is 1.94 bits per heavy atom. The summed E-state index contributed by atoms with van der Waals surface area (Å²) < 4.78 is 0. The molecule has 2 aromatic rings. The highest BCUT2D eigenvalue weighted by atomic mass is 16.2. The molecule has 1 heterocycles. The van der Waals surface area contributed by atoms with Crippen LogP contribution in [0.3, 0.4) is 0 Å². The van der Waals surface area contributed by atoms with Gasteiger partial charge in [-0.25, -0.2) is 4.79 Å². The van der Waals surface area contributed by atoms with Gasteiger partial charge in [0, 0.05) is 12.0 Å². The predicted molar refractivity (Wildman–Crippen MR) is 120 cm³/mol. The van der Waals surface area contributed by atoms with Gasteiger partial charge < -0.3 is 10.6 Å². The minimum absolute atomic E-state index is 0.0729. The van der Waals surface area contributed by atoms with E-state index in [-0.39, 0.29) is 23.9 Å². The van der Waals surface area contributed by atoms with Gasteiger partial charge in [-0.15, -0.1) is 0 Å². The second-order valence-corrected chi connectivity index (χ2v) is 8.53. The molecule has 1 fully saturated rings. The van der Waals surface area contributed by atoms with Gasteiger partial charge >= 0.3 is 6.03 Å². The number of anilines is 2. The zero-order chi connectivity index (χ0) is 22.1. The van der Waals surface area contributed by atoms with Gasteiger partial charge in [-0.3, -0.25) is 9.69 Å². The zero-order valence-electron chi connectivity index (χ0n) is 18.1. The van der Waals surface area contributed by atoms with Gasteiger partial charge in [0.1, 0.15) is 0 Å². The predicted octanol–water partition coefficient (Wildman–Crippen LogP) is 4.55. The normalized spacial score (nSPS) is 20.9. The Labute approximate surface area is 183 Å². The van der Waals surface area contributed by atoms with E-state index < -0.39 is 0 Å². The lowest BCUT2D eigenvalue weighted by atomic mass is 9.84. The summed E-state index contributed by atoms with van der Waals surface area (Å²) in [4.78, 5) is 29.0. The number of benzene rings is 2. The Hall–Kier alpha value is -3.33. The van der Waals surface area contributed by atoms with Crippen LogP contribution in [0.5, 0.6) is 0 Å². The number of carbonyl (C=O) groups excluding carboxylic acids is 2. The fraction of sp³-hybridized carbons (Fsp3) is 0.400. The standard InChI is InChI=1S/C25H28N4O2/c1-3-17-7-12-21(13-19(17)14-26)29-23-6-4-5-16(2)22(23)15-28(25(29)31)20-10-8-18(9-11-20)24(27)30/h4-7,12-13,18,20H,3,8-11,15H2,1-2H3,(H2,27,30). The number of hydrogen-bond acceptors (Lipinski definition) is 3. The molecule has 2 aromatic carbocycles. The molecule has 1 aliphatic heterocycles. The third kappa shape index (κ3) is 3.76. The Balaban J connectivity index is 1.73. The number of fused-ring (bicyclic) bond motifs is 1. The number of nitriles is 1. The maximum absolute atomic E-state index is 13.7. The van der Waals surface area contributed by atoms with E-state index in [1.165, 1.54) is 0 Å². The van der Waals surface area contributed by atoms with Gasteiger partial charge in [0.2, 0.25) is 5.91 Å². The van der Waals surface area contributed by atoms with Crippen LogP contribution in [-0.4, -0.2) is 22.9 Å². The summed E-state index contributed by atoms with van der Waals surface area (Å²) in [5.74, 6) is -0.340. The molecular formula is C25H28N4O2. The van der Waals surface area contributed by atoms with Gasteiger partial charge in [-0.05, 0) is 73.9 Å². The highest BCUT2D eigenvalue weighted by Gasteiger charge is 2.38. The molecule has 0 radical (unpaired) electrons. The third-order valence-corrected chi connectivity index (χ3v) is 6.78. The molecule has 0 spiro atoms. The van der Waals surface area contributed by atoms with E-state index in [1.807, 2.05) is 42.2 Å². The summed E-state index contributed by atoms with van der Waals surface area (Å²) in [5, 5.41) is 9.60. The van der Waals surface area contributed by atoms with Crippen molar-refractivity contribution in [3.63, 3.8) is 0 Å². The van der Waals surface area contributed by atoms with E-state index in [2.05, 4.69) is 19.1 Å². The van der Waals surface area contributed by atoms with Gasteiger partial charge in [-0.2, -0.15) is 5.26 Å². The van der Waals surface area contributed by atoms with Crippen molar-refractivity contribution in [3.8, 4) is 6.07 Å². The Morgan fingerprint density at radius 3 is 2.58 bits per heavy atom. The number of carbonyl (C=O) groups is 2. The van der Waals surface area contributed by atoms with Crippen molar-refractivity contribution >= 4 is 23.3 Å². The van der Waals surface area contributed by atoms with Crippen molar-refractivity contribution in [2.75, 3.05) is 4.90 Å². The van der Waals surface area contributed by atoms with E-state index in [9.17, 15) is 14.9 Å². The smallest absolute Gasteiger partial charge is 0.329 e.